The van der Waals surface area contributed by atoms with Gasteiger partial charge in [0.2, 0.25) is 0 Å². The minimum Gasteiger partial charge on any atom is -0.387 e. The fourth-order valence-electron chi connectivity index (χ4n) is 7.50. The molecule has 1 saturated carbocycles. The third kappa shape index (κ3) is 1.78. The number of para-hydroxylation sites is 1. The molecule has 27 heavy (non-hydrogen) atoms. The highest BCUT2D eigenvalue weighted by Crippen LogP contribution is 2.65. The van der Waals surface area contributed by atoms with Crippen molar-refractivity contribution in [3.05, 3.63) is 29.8 Å². The maximum absolute atomic E-state index is 12.9. The van der Waals surface area contributed by atoms with Crippen LogP contribution in [0, 0.1) is 17.8 Å². The standard InChI is InChI=1S/C21H26N2O4/c1-11-13-9-22-7-6-21-14-4-2-3-5-15(14)23(17(25)10-24)19(21)18(20(26)27-11)12(13)8-16(21)22/h2-5,11-13,16,18-20,24,26H,6-10H2,1H3/t11-,12+,13+,16+,18-,19+,20?,21?/m1/s1. The number of carbonyl (C=O) groups is 1. The predicted octanol–water partition coefficient (Wildman–Crippen LogP) is 0.709. The molecule has 3 saturated heterocycles. The molecular formula is C21H26N2O4. The molecule has 1 spiro atoms. The van der Waals surface area contributed by atoms with Gasteiger partial charge in [0.1, 0.15) is 6.61 Å². The average molecular weight is 370 g/mol. The summed E-state index contributed by atoms with van der Waals surface area (Å²) in [5.74, 6) is 0.362. The van der Waals surface area contributed by atoms with Gasteiger partial charge in [0.05, 0.1) is 12.1 Å². The summed E-state index contributed by atoms with van der Waals surface area (Å²) >= 11 is 0. The monoisotopic (exact) mass is 370 g/mol. The third-order valence-corrected chi connectivity index (χ3v) is 8.36. The Balaban J connectivity index is 1.60. The van der Waals surface area contributed by atoms with E-state index in [2.05, 4.69) is 17.9 Å². The molecule has 6 heteroatoms. The summed E-state index contributed by atoms with van der Waals surface area (Å²) in [6.45, 7) is 3.60. The second kappa shape index (κ2) is 5.32. The van der Waals surface area contributed by atoms with Crippen molar-refractivity contribution in [1.82, 2.24) is 4.90 Å². The number of hydrogen-bond acceptors (Lipinski definition) is 5. The number of aliphatic hydroxyl groups excluding tert-OH is 2. The predicted molar refractivity (Wildman–Crippen MR) is 98.1 cm³/mol. The lowest BCUT2D eigenvalue weighted by atomic mass is 9.53. The number of amides is 1. The number of carbonyl (C=O) groups excluding carboxylic acids is 1. The van der Waals surface area contributed by atoms with Crippen LogP contribution in [0.1, 0.15) is 25.3 Å². The lowest BCUT2D eigenvalue weighted by Gasteiger charge is -2.61. The van der Waals surface area contributed by atoms with Crippen LogP contribution in [0.4, 0.5) is 5.69 Å². The van der Waals surface area contributed by atoms with Crippen LogP contribution in [0.3, 0.4) is 0 Å². The van der Waals surface area contributed by atoms with E-state index in [1.54, 1.807) is 0 Å². The van der Waals surface area contributed by atoms with Crippen molar-refractivity contribution in [3.8, 4) is 0 Å². The summed E-state index contributed by atoms with van der Waals surface area (Å²) in [7, 11) is 0. The Morgan fingerprint density at radius 3 is 2.96 bits per heavy atom. The van der Waals surface area contributed by atoms with Crippen LogP contribution in [0.5, 0.6) is 0 Å². The second-order valence-electron chi connectivity index (χ2n) is 9.06. The van der Waals surface area contributed by atoms with Crippen LogP contribution in [-0.2, 0) is 14.9 Å². The summed E-state index contributed by atoms with van der Waals surface area (Å²) in [5.41, 5.74) is 1.96. The SMILES string of the molecule is C[C@H]1OC(O)[C@@H]2[C@H]3C[C@@H]4N(CCC45c4ccccc4N(C(=O)CO)[C@@H]25)C[C@H]31. The Bertz CT molecular complexity index is 815. The van der Waals surface area contributed by atoms with Crippen LogP contribution in [0.15, 0.2) is 24.3 Å². The molecular weight excluding hydrogens is 344 g/mol. The van der Waals surface area contributed by atoms with E-state index in [0.29, 0.717) is 17.9 Å². The number of anilines is 1. The number of ether oxygens (including phenoxy) is 1. The molecule has 4 aliphatic heterocycles. The molecule has 1 amide bonds. The van der Waals surface area contributed by atoms with Gasteiger partial charge in [-0.1, -0.05) is 18.2 Å². The van der Waals surface area contributed by atoms with E-state index in [1.807, 2.05) is 23.1 Å². The van der Waals surface area contributed by atoms with Crippen LogP contribution in [0.2, 0.25) is 0 Å². The molecule has 1 aliphatic carbocycles. The van der Waals surface area contributed by atoms with Gasteiger partial charge >= 0.3 is 0 Å². The Labute approximate surface area is 158 Å². The lowest BCUT2D eigenvalue weighted by Crippen LogP contribution is -2.71. The number of aliphatic hydroxyl groups is 2. The number of hydrogen-bond donors (Lipinski definition) is 2. The van der Waals surface area contributed by atoms with E-state index in [0.717, 1.165) is 31.6 Å². The Kier molecular flexibility index (Phi) is 3.25. The largest absolute Gasteiger partial charge is 0.387 e. The van der Waals surface area contributed by atoms with E-state index < -0.39 is 12.9 Å². The van der Waals surface area contributed by atoms with Crippen molar-refractivity contribution in [2.45, 2.75) is 49.7 Å². The maximum Gasteiger partial charge on any atom is 0.252 e. The second-order valence-corrected chi connectivity index (χ2v) is 9.06. The van der Waals surface area contributed by atoms with Gasteiger partial charge in [-0.25, -0.2) is 0 Å². The number of benzene rings is 1. The van der Waals surface area contributed by atoms with E-state index in [9.17, 15) is 15.0 Å². The van der Waals surface area contributed by atoms with Crippen molar-refractivity contribution < 1.29 is 19.7 Å². The van der Waals surface area contributed by atoms with E-state index >= 15 is 0 Å². The first-order valence-corrected chi connectivity index (χ1v) is 10.2. The van der Waals surface area contributed by atoms with Gasteiger partial charge in [0, 0.05) is 35.5 Å². The van der Waals surface area contributed by atoms with E-state index in [1.165, 1.54) is 5.56 Å². The van der Waals surface area contributed by atoms with Gasteiger partial charge in [-0.3, -0.25) is 9.69 Å². The molecule has 1 aromatic carbocycles. The molecule has 2 N–H and O–H groups in total. The maximum atomic E-state index is 12.9. The van der Waals surface area contributed by atoms with Crippen molar-refractivity contribution in [2.75, 3.05) is 24.6 Å². The zero-order chi connectivity index (χ0) is 18.5. The Hall–Kier alpha value is -1.47. The fraction of sp³-hybridized carbons (Fsp3) is 0.667. The first-order chi connectivity index (χ1) is 13.1. The molecule has 0 radical (unpaired) electrons. The molecule has 144 valence electrons. The van der Waals surface area contributed by atoms with E-state index in [-0.39, 0.29) is 29.4 Å². The van der Waals surface area contributed by atoms with Gasteiger partial charge < -0.3 is 19.8 Å². The highest BCUT2D eigenvalue weighted by atomic mass is 16.6. The van der Waals surface area contributed by atoms with Crippen LogP contribution in [-0.4, -0.2) is 65.2 Å². The highest BCUT2D eigenvalue weighted by Gasteiger charge is 2.71. The Morgan fingerprint density at radius 2 is 2.15 bits per heavy atom. The van der Waals surface area contributed by atoms with Crippen LogP contribution in [0.25, 0.3) is 0 Å². The summed E-state index contributed by atoms with van der Waals surface area (Å²) in [4.78, 5) is 17.3. The van der Waals surface area contributed by atoms with Gasteiger partial charge in [0.15, 0.2) is 6.29 Å². The zero-order valence-electron chi connectivity index (χ0n) is 15.5. The van der Waals surface area contributed by atoms with Crippen molar-refractivity contribution in [1.29, 1.82) is 0 Å². The quantitative estimate of drug-likeness (QED) is 0.762. The molecule has 4 fully saturated rings. The van der Waals surface area contributed by atoms with Gasteiger partial charge in [-0.2, -0.15) is 0 Å². The number of rotatable bonds is 1. The van der Waals surface area contributed by atoms with Crippen molar-refractivity contribution in [2.24, 2.45) is 17.8 Å². The van der Waals surface area contributed by atoms with Gasteiger partial charge in [-0.05, 0) is 43.9 Å². The first-order valence-electron chi connectivity index (χ1n) is 10.2. The third-order valence-electron chi connectivity index (χ3n) is 8.36. The normalized spacial score (nSPS) is 46.9. The Morgan fingerprint density at radius 1 is 1.33 bits per heavy atom. The average Bonchev–Trinajstić information content (AvgIpc) is 3.21. The smallest absolute Gasteiger partial charge is 0.252 e. The summed E-state index contributed by atoms with van der Waals surface area (Å²) < 4.78 is 6.00. The molecule has 1 aromatic rings. The molecule has 2 bridgehead atoms. The van der Waals surface area contributed by atoms with Crippen LogP contribution >= 0.6 is 0 Å². The van der Waals surface area contributed by atoms with E-state index in [4.69, 9.17) is 4.74 Å². The summed E-state index contributed by atoms with van der Waals surface area (Å²) in [5, 5.41) is 20.7. The van der Waals surface area contributed by atoms with Gasteiger partial charge in [0.25, 0.3) is 5.91 Å². The van der Waals surface area contributed by atoms with Gasteiger partial charge in [-0.15, -0.1) is 0 Å². The molecule has 4 heterocycles. The molecule has 5 aliphatic rings. The number of piperidine rings is 1. The lowest BCUT2D eigenvalue weighted by molar-refractivity contribution is -0.260. The molecule has 6 rings (SSSR count). The molecule has 0 aromatic heterocycles. The van der Waals surface area contributed by atoms with Crippen molar-refractivity contribution in [3.63, 3.8) is 0 Å². The number of nitrogens with zero attached hydrogens (tertiary/aromatic N) is 2. The number of fused-ring (bicyclic) bond motifs is 2. The summed E-state index contributed by atoms with van der Waals surface area (Å²) in [6.07, 6.45) is 1.22. The molecule has 8 atom stereocenters. The zero-order valence-corrected chi connectivity index (χ0v) is 15.5. The topological polar surface area (TPSA) is 73.2 Å². The fourth-order valence-corrected chi connectivity index (χ4v) is 7.50. The molecule has 6 nitrogen and oxygen atoms in total. The first kappa shape index (κ1) is 16.5. The van der Waals surface area contributed by atoms with Crippen LogP contribution < -0.4 is 4.90 Å². The minimum atomic E-state index is -0.862. The highest BCUT2D eigenvalue weighted by molar-refractivity contribution is 5.98. The minimum absolute atomic E-state index is 0.0288. The summed E-state index contributed by atoms with van der Waals surface area (Å²) in [6, 6.07) is 8.42. The molecule has 2 unspecified atom stereocenters. The van der Waals surface area contributed by atoms with Crippen molar-refractivity contribution >= 4 is 11.6 Å².